The van der Waals surface area contributed by atoms with Crippen LogP contribution in [0.15, 0.2) is 48.9 Å². The Kier molecular flexibility index (Phi) is 6.76. The molecule has 1 aliphatic carbocycles. The maximum Gasteiger partial charge on any atom is 0.410 e. The summed E-state index contributed by atoms with van der Waals surface area (Å²) >= 11 is 0. The number of rotatable bonds is 6. The largest absolute Gasteiger partial charge is 0.485 e. The maximum absolute atomic E-state index is 12.2. The van der Waals surface area contributed by atoms with Crippen LogP contribution in [0, 0.1) is 0 Å². The van der Waals surface area contributed by atoms with Crippen LogP contribution in [-0.2, 0) is 24.2 Å². The third-order valence-electron chi connectivity index (χ3n) is 6.20. The van der Waals surface area contributed by atoms with E-state index in [1.807, 2.05) is 57.3 Å². The summed E-state index contributed by atoms with van der Waals surface area (Å²) < 4.78 is 17.6. The van der Waals surface area contributed by atoms with E-state index in [-0.39, 0.29) is 12.2 Å². The molecule has 0 bridgehead atoms. The van der Waals surface area contributed by atoms with Crippen LogP contribution < -0.4 is 9.47 Å². The average molecular weight is 489 g/mol. The SMILES string of the molecule is CC(C)(C)OC(=O)N1CC(Oc2cncc(-c3cc(OCc4ccccn4)nc4c3CCCC4)c2)C1. The van der Waals surface area contributed by atoms with E-state index in [1.54, 1.807) is 17.3 Å². The van der Waals surface area contributed by atoms with Crippen LogP contribution in [-0.4, -0.2) is 50.7 Å². The Morgan fingerprint density at radius 1 is 1.11 bits per heavy atom. The lowest BCUT2D eigenvalue weighted by Crippen LogP contribution is -2.57. The summed E-state index contributed by atoms with van der Waals surface area (Å²) in [5, 5.41) is 0. The van der Waals surface area contributed by atoms with Crippen molar-refractivity contribution in [1.82, 2.24) is 19.9 Å². The topological polar surface area (TPSA) is 86.7 Å². The Hall–Kier alpha value is -3.68. The van der Waals surface area contributed by atoms with Crippen molar-refractivity contribution >= 4 is 6.09 Å². The first-order valence-electron chi connectivity index (χ1n) is 12.5. The zero-order valence-electron chi connectivity index (χ0n) is 21.1. The summed E-state index contributed by atoms with van der Waals surface area (Å²) in [5.41, 5.74) is 4.75. The highest BCUT2D eigenvalue weighted by molar-refractivity contribution is 5.70. The van der Waals surface area contributed by atoms with E-state index in [0.717, 1.165) is 48.2 Å². The summed E-state index contributed by atoms with van der Waals surface area (Å²) in [4.78, 5) is 27.4. The zero-order valence-corrected chi connectivity index (χ0v) is 21.1. The van der Waals surface area contributed by atoms with Crippen molar-refractivity contribution in [2.45, 2.75) is 64.8 Å². The molecule has 188 valence electrons. The van der Waals surface area contributed by atoms with Gasteiger partial charge in [0.25, 0.3) is 0 Å². The minimum Gasteiger partial charge on any atom is -0.485 e. The normalized spacial score (nSPS) is 15.6. The third-order valence-corrected chi connectivity index (χ3v) is 6.20. The van der Waals surface area contributed by atoms with E-state index in [0.29, 0.717) is 31.3 Å². The molecule has 0 atom stereocenters. The third kappa shape index (κ3) is 5.75. The molecule has 0 unspecified atom stereocenters. The first kappa shape index (κ1) is 24.0. The predicted octanol–water partition coefficient (Wildman–Crippen LogP) is 4.99. The van der Waals surface area contributed by atoms with Gasteiger partial charge in [0.1, 0.15) is 24.1 Å². The fourth-order valence-electron chi connectivity index (χ4n) is 4.45. The molecule has 1 aliphatic heterocycles. The maximum atomic E-state index is 12.2. The molecule has 5 rings (SSSR count). The minimum atomic E-state index is -0.509. The Morgan fingerprint density at radius 3 is 2.72 bits per heavy atom. The summed E-state index contributed by atoms with van der Waals surface area (Å²) in [6.45, 7) is 6.95. The van der Waals surface area contributed by atoms with E-state index in [4.69, 9.17) is 19.2 Å². The lowest BCUT2D eigenvalue weighted by molar-refractivity contribution is -0.0222. The van der Waals surface area contributed by atoms with Gasteiger partial charge in [-0.25, -0.2) is 9.78 Å². The molecule has 3 aromatic rings. The van der Waals surface area contributed by atoms with E-state index >= 15 is 0 Å². The molecule has 8 nitrogen and oxygen atoms in total. The second-order valence-electron chi connectivity index (χ2n) is 10.3. The summed E-state index contributed by atoms with van der Waals surface area (Å²) in [7, 11) is 0. The second-order valence-corrected chi connectivity index (χ2v) is 10.3. The number of ether oxygens (including phenoxy) is 3. The molecular weight excluding hydrogens is 456 g/mol. The molecule has 1 saturated heterocycles. The molecule has 3 aromatic heterocycles. The van der Waals surface area contributed by atoms with Crippen LogP contribution in [0.4, 0.5) is 4.79 Å². The number of fused-ring (bicyclic) bond motifs is 1. The molecule has 36 heavy (non-hydrogen) atoms. The number of carbonyl (C=O) groups excluding carboxylic acids is 1. The van der Waals surface area contributed by atoms with E-state index in [9.17, 15) is 4.79 Å². The Balaban J connectivity index is 1.30. The van der Waals surface area contributed by atoms with Gasteiger partial charge < -0.3 is 19.1 Å². The monoisotopic (exact) mass is 488 g/mol. The van der Waals surface area contributed by atoms with Crippen molar-refractivity contribution in [1.29, 1.82) is 0 Å². The molecule has 0 saturated carbocycles. The van der Waals surface area contributed by atoms with Gasteiger partial charge in [-0.1, -0.05) is 6.07 Å². The standard InChI is InChI=1S/C28H32N4O4/c1-28(2,3)36-27(33)32-16-22(17-32)35-21-12-19(14-29-15-21)24-13-26(31-25-10-5-4-9-23(24)25)34-18-20-8-6-7-11-30-20/h6-8,11-15,22H,4-5,9-10,16-18H2,1-3H3. The lowest BCUT2D eigenvalue weighted by Gasteiger charge is -2.39. The molecule has 0 spiro atoms. The molecule has 0 N–H and O–H groups in total. The van der Waals surface area contributed by atoms with Crippen molar-refractivity contribution < 1.29 is 19.0 Å². The van der Waals surface area contributed by atoms with Crippen LogP contribution in [0.2, 0.25) is 0 Å². The van der Waals surface area contributed by atoms with Gasteiger partial charge in [0.2, 0.25) is 5.88 Å². The van der Waals surface area contributed by atoms with Gasteiger partial charge in [-0.15, -0.1) is 0 Å². The van der Waals surface area contributed by atoms with Gasteiger partial charge >= 0.3 is 6.09 Å². The van der Waals surface area contributed by atoms with Gasteiger partial charge in [-0.05, 0) is 75.8 Å². The number of hydrogen-bond acceptors (Lipinski definition) is 7. The van der Waals surface area contributed by atoms with E-state index in [1.165, 1.54) is 5.56 Å². The lowest BCUT2D eigenvalue weighted by atomic mass is 9.90. The van der Waals surface area contributed by atoms with Crippen LogP contribution in [0.1, 0.15) is 50.6 Å². The molecule has 1 amide bonds. The number of pyridine rings is 3. The first-order chi connectivity index (χ1) is 17.3. The van der Waals surface area contributed by atoms with Gasteiger partial charge in [-0.2, -0.15) is 0 Å². The number of nitrogens with zero attached hydrogens (tertiary/aromatic N) is 4. The number of amides is 1. The van der Waals surface area contributed by atoms with Gasteiger partial charge in [0.15, 0.2) is 0 Å². The van der Waals surface area contributed by atoms with Crippen molar-refractivity contribution in [3.05, 3.63) is 65.9 Å². The van der Waals surface area contributed by atoms with E-state index < -0.39 is 5.60 Å². The van der Waals surface area contributed by atoms with E-state index in [2.05, 4.69) is 9.97 Å². The quantitative estimate of drug-likeness (QED) is 0.483. The molecule has 0 radical (unpaired) electrons. The summed E-state index contributed by atoms with van der Waals surface area (Å²) in [5.74, 6) is 1.27. The highest BCUT2D eigenvalue weighted by Crippen LogP contribution is 2.35. The Labute approximate surface area is 211 Å². The van der Waals surface area contributed by atoms with Crippen molar-refractivity contribution in [2.24, 2.45) is 0 Å². The van der Waals surface area contributed by atoms with Gasteiger partial charge in [0, 0.05) is 29.7 Å². The number of hydrogen-bond donors (Lipinski definition) is 0. The van der Waals surface area contributed by atoms with Crippen molar-refractivity contribution in [3.8, 4) is 22.8 Å². The minimum absolute atomic E-state index is 0.0850. The fraction of sp³-hybridized carbons (Fsp3) is 0.429. The number of aromatic nitrogens is 3. The predicted molar refractivity (Wildman–Crippen MR) is 135 cm³/mol. The number of aryl methyl sites for hydroxylation is 1. The average Bonchev–Trinajstić information content (AvgIpc) is 2.84. The molecule has 4 heterocycles. The molecule has 2 aliphatic rings. The summed E-state index contributed by atoms with van der Waals surface area (Å²) in [6.07, 6.45) is 9.12. The zero-order chi connectivity index (χ0) is 25.1. The molecular formula is C28H32N4O4. The Bertz CT molecular complexity index is 1220. The van der Waals surface area contributed by atoms with Gasteiger partial charge in [0.05, 0.1) is 25.0 Å². The number of likely N-dealkylation sites (tertiary alicyclic amines) is 1. The second kappa shape index (κ2) is 10.1. The highest BCUT2D eigenvalue weighted by atomic mass is 16.6. The molecule has 0 aromatic carbocycles. The Morgan fingerprint density at radius 2 is 1.94 bits per heavy atom. The highest BCUT2D eigenvalue weighted by Gasteiger charge is 2.35. The van der Waals surface area contributed by atoms with Crippen molar-refractivity contribution in [3.63, 3.8) is 0 Å². The number of carbonyl (C=O) groups is 1. The van der Waals surface area contributed by atoms with Gasteiger partial charge in [-0.3, -0.25) is 9.97 Å². The molecule has 8 heteroatoms. The molecule has 1 fully saturated rings. The summed E-state index contributed by atoms with van der Waals surface area (Å²) in [6, 6.07) is 9.79. The van der Waals surface area contributed by atoms with Crippen molar-refractivity contribution in [2.75, 3.05) is 13.1 Å². The van der Waals surface area contributed by atoms with Crippen LogP contribution in [0.25, 0.3) is 11.1 Å². The van der Waals surface area contributed by atoms with Crippen LogP contribution >= 0.6 is 0 Å². The smallest absolute Gasteiger partial charge is 0.410 e. The van der Waals surface area contributed by atoms with Crippen LogP contribution in [0.5, 0.6) is 11.6 Å². The first-order valence-corrected chi connectivity index (χ1v) is 12.5. The van der Waals surface area contributed by atoms with Crippen LogP contribution in [0.3, 0.4) is 0 Å². The fourth-order valence-corrected chi connectivity index (χ4v) is 4.45.